The highest BCUT2D eigenvalue weighted by Crippen LogP contribution is 2.45. The number of H-pyrrole nitrogens is 1. The van der Waals surface area contributed by atoms with Crippen molar-refractivity contribution in [3.05, 3.63) is 11.8 Å². The predicted octanol–water partition coefficient (Wildman–Crippen LogP) is 2.33. The lowest BCUT2D eigenvalue weighted by Gasteiger charge is -2.45. The lowest BCUT2D eigenvalue weighted by atomic mass is 9.63. The van der Waals surface area contributed by atoms with E-state index in [9.17, 15) is 4.79 Å². The van der Waals surface area contributed by atoms with Gasteiger partial charge in [0.25, 0.3) is 5.91 Å². The molecule has 0 spiro atoms. The van der Waals surface area contributed by atoms with Crippen LogP contribution < -0.4 is 11.1 Å². The van der Waals surface area contributed by atoms with E-state index < -0.39 is 0 Å². The molecule has 0 unspecified atom stereocenters. The number of anilines is 1. The number of aromatic nitrogens is 2. The number of hydrogen-bond acceptors (Lipinski definition) is 3. The van der Waals surface area contributed by atoms with Gasteiger partial charge in [0.2, 0.25) is 0 Å². The van der Waals surface area contributed by atoms with Crippen LogP contribution in [0.4, 0.5) is 5.82 Å². The molecule has 0 radical (unpaired) electrons. The molecular weight excluding hydrogens is 240 g/mol. The Morgan fingerprint density at radius 2 is 1.95 bits per heavy atom. The van der Waals surface area contributed by atoms with Crippen molar-refractivity contribution in [2.45, 2.75) is 53.0 Å². The van der Waals surface area contributed by atoms with Gasteiger partial charge in [-0.2, -0.15) is 5.10 Å². The van der Waals surface area contributed by atoms with Gasteiger partial charge in [-0.05, 0) is 30.1 Å². The van der Waals surface area contributed by atoms with Crippen molar-refractivity contribution in [1.82, 2.24) is 15.5 Å². The van der Waals surface area contributed by atoms with Gasteiger partial charge in [-0.15, -0.1) is 0 Å². The first-order valence-corrected chi connectivity index (χ1v) is 6.79. The molecule has 1 saturated carbocycles. The van der Waals surface area contributed by atoms with E-state index >= 15 is 0 Å². The first kappa shape index (κ1) is 13.9. The molecule has 1 aromatic heterocycles. The number of nitrogen functional groups attached to an aromatic ring is 1. The third-order valence-corrected chi connectivity index (χ3v) is 3.73. The van der Waals surface area contributed by atoms with E-state index in [1.165, 1.54) is 6.42 Å². The topological polar surface area (TPSA) is 83.8 Å². The van der Waals surface area contributed by atoms with Crippen LogP contribution in [-0.4, -0.2) is 22.1 Å². The SMILES string of the molecule is CC1(C)CC(NC(=O)c2cc(N)n[nH]2)CC(C)(C)C1. The molecule has 0 aromatic carbocycles. The van der Waals surface area contributed by atoms with E-state index in [2.05, 4.69) is 43.2 Å². The van der Waals surface area contributed by atoms with Gasteiger partial charge >= 0.3 is 0 Å². The second kappa shape index (κ2) is 4.54. The van der Waals surface area contributed by atoms with Crippen molar-refractivity contribution in [3.63, 3.8) is 0 Å². The molecule has 1 aliphatic carbocycles. The van der Waals surface area contributed by atoms with Crippen LogP contribution in [0.5, 0.6) is 0 Å². The summed E-state index contributed by atoms with van der Waals surface area (Å²) in [4.78, 5) is 12.1. The molecule has 5 heteroatoms. The summed E-state index contributed by atoms with van der Waals surface area (Å²) in [6.45, 7) is 9.06. The van der Waals surface area contributed by atoms with Crippen molar-refractivity contribution in [3.8, 4) is 0 Å². The highest BCUT2D eigenvalue weighted by Gasteiger charge is 2.39. The molecule has 0 saturated heterocycles. The van der Waals surface area contributed by atoms with Crippen LogP contribution in [-0.2, 0) is 0 Å². The Morgan fingerprint density at radius 3 is 2.42 bits per heavy atom. The minimum Gasteiger partial charge on any atom is -0.382 e. The minimum absolute atomic E-state index is 0.122. The summed E-state index contributed by atoms with van der Waals surface area (Å²) in [6, 6.07) is 1.77. The van der Waals surface area contributed by atoms with E-state index in [1.807, 2.05) is 0 Å². The zero-order valence-corrected chi connectivity index (χ0v) is 12.2. The Morgan fingerprint density at radius 1 is 1.37 bits per heavy atom. The number of rotatable bonds is 2. The monoisotopic (exact) mass is 264 g/mol. The summed E-state index contributed by atoms with van der Waals surface area (Å²) in [5.41, 5.74) is 6.46. The van der Waals surface area contributed by atoms with E-state index in [0.717, 1.165) is 12.8 Å². The van der Waals surface area contributed by atoms with Gasteiger partial charge in [-0.3, -0.25) is 9.89 Å². The van der Waals surface area contributed by atoms with Crippen LogP contribution in [0.25, 0.3) is 0 Å². The Kier molecular flexibility index (Phi) is 3.32. The fourth-order valence-corrected chi connectivity index (χ4v) is 3.66. The molecule has 4 N–H and O–H groups in total. The Balaban J connectivity index is 2.04. The van der Waals surface area contributed by atoms with Crippen LogP contribution in [0.15, 0.2) is 6.07 Å². The van der Waals surface area contributed by atoms with Gasteiger partial charge in [0, 0.05) is 12.1 Å². The first-order valence-electron chi connectivity index (χ1n) is 6.79. The van der Waals surface area contributed by atoms with Crippen LogP contribution >= 0.6 is 0 Å². The predicted molar refractivity (Wildman–Crippen MR) is 75.7 cm³/mol. The lowest BCUT2D eigenvalue weighted by Crippen LogP contribution is -2.46. The lowest BCUT2D eigenvalue weighted by molar-refractivity contribution is 0.0710. The largest absolute Gasteiger partial charge is 0.382 e. The summed E-state index contributed by atoms with van der Waals surface area (Å²) in [7, 11) is 0. The highest BCUT2D eigenvalue weighted by molar-refractivity contribution is 5.93. The van der Waals surface area contributed by atoms with Crippen molar-refractivity contribution in [2.24, 2.45) is 10.8 Å². The Bertz CT molecular complexity index is 460. The Labute approximate surface area is 114 Å². The van der Waals surface area contributed by atoms with Gasteiger partial charge in [0.15, 0.2) is 0 Å². The van der Waals surface area contributed by atoms with E-state index in [1.54, 1.807) is 6.07 Å². The average Bonchev–Trinajstić information content (AvgIpc) is 2.59. The van der Waals surface area contributed by atoms with Crippen LogP contribution in [0.1, 0.15) is 57.4 Å². The van der Waals surface area contributed by atoms with Gasteiger partial charge in [-0.1, -0.05) is 27.7 Å². The zero-order valence-electron chi connectivity index (χ0n) is 12.2. The summed E-state index contributed by atoms with van der Waals surface area (Å²) in [6.07, 6.45) is 3.20. The number of aromatic amines is 1. The number of carbonyl (C=O) groups excluding carboxylic acids is 1. The minimum atomic E-state index is -0.122. The van der Waals surface area contributed by atoms with E-state index in [4.69, 9.17) is 5.73 Å². The normalized spacial score (nSPS) is 22.1. The Hall–Kier alpha value is -1.52. The number of nitrogens with zero attached hydrogens (tertiary/aromatic N) is 1. The average molecular weight is 264 g/mol. The fraction of sp³-hybridized carbons (Fsp3) is 0.714. The summed E-state index contributed by atoms with van der Waals surface area (Å²) in [5, 5.41) is 9.52. The van der Waals surface area contributed by atoms with Crippen LogP contribution in [0.3, 0.4) is 0 Å². The maximum absolute atomic E-state index is 12.1. The number of nitrogens with one attached hydrogen (secondary N) is 2. The highest BCUT2D eigenvalue weighted by atomic mass is 16.2. The van der Waals surface area contributed by atoms with Crippen molar-refractivity contribution >= 4 is 11.7 Å². The quantitative estimate of drug-likeness (QED) is 0.766. The van der Waals surface area contributed by atoms with Crippen molar-refractivity contribution in [1.29, 1.82) is 0 Å². The zero-order chi connectivity index (χ0) is 14.3. The molecule has 1 heterocycles. The number of nitrogens with two attached hydrogens (primary N) is 1. The number of amides is 1. The summed E-state index contributed by atoms with van der Waals surface area (Å²) < 4.78 is 0. The molecule has 19 heavy (non-hydrogen) atoms. The van der Waals surface area contributed by atoms with E-state index in [-0.39, 0.29) is 22.8 Å². The third-order valence-electron chi connectivity index (χ3n) is 3.73. The van der Waals surface area contributed by atoms with Crippen LogP contribution in [0, 0.1) is 10.8 Å². The molecule has 5 nitrogen and oxygen atoms in total. The number of hydrogen-bond donors (Lipinski definition) is 3. The molecule has 0 aliphatic heterocycles. The molecular formula is C14H24N4O. The summed E-state index contributed by atoms with van der Waals surface area (Å²) >= 11 is 0. The van der Waals surface area contributed by atoms with Crippen molar-refractivity contribution in [2.75, 3.05) is 5.73 Å². The molecule has 0 bridgehead atoms. The molecule has 2 rings (SSSR count). The molecule has 106 valence electrons. The van der Waals surface area contributed by atoms with Crippen LogP contribution in [0.2, 0.25) is 0 Å². The molecule has 1 aromatic rings. The van der Waals surface area contributed by atoms with Gasteiger partial charge in [-0.25, -0.2) is 0 Å². The number of carbonyl (C=O) groups is 1. The third kappa shape index (κ3) is 3.49. The van der Waals surface area contributed by atoms with Gasteiger partial charge < -0.3 is 11.1 Å². The maximum Gasteiger partial charge on any atom is 0.269 e. The molecule has 1 aliphatic rings. The molecule has 1 amide bonds. The maximum atomic E-state index is 12.1. The second-order valence-corrected chi connectivity index (χ2v) is 7.29. The standard InChI is InChI=1S/C14H24N4O/c1-13(2)6-9(7-14(3,4)8-13)16-12(19)10-5-11(15)18-17-10/h5,9H,6-8H2,1-4H3,(H,16,19)(H3,15,17,18). The first-order chi connectivity index (χ1) is 8.67. The smallest absolute Gasteiger partial charge is 0.269 e. The van der Waals surface area contributed by atoms with E-state index in [0.29, 0.717) is 11.5 Å². The molecule has 0 atom stereocenters. The second-order valence-electron chi connectivity index (χ2n) is 7.29. The van der Waals surface area contributed by atoms with Crippen molar-refractivity contribution < 1.29 is 4.79 Å². The van der Waals surface area contributed by atoms with Gasteiger partial charge in [0.1, 0.15) is 11.5 Å². The summed E-state index contributed by atoms with van der Waals surface area (Å²) in [5.74, 6) is 0.220. The molecule has 1 fully saturated rings. The van der Waals surface area contributed by atoms with Gasteiger partial charge in [0.05, 0.1) is 0 Å². The fourth-order valence-electron chi connectivity index (χ4n) is 3.66.